The fourth-order valence-corrected chi connectivity index (χ4v) is 3.52. The second-order valence-electron chi connectivity index (χ2n) is 8.46. The van der Waals surface area contributed by atoms with Crippen molar-refractivity contribution in [2.24, 2.45) is 0 Å². The van der Waals surface area contributed by atoms with Gasteiger partial charge in [-0.15, -0.1) is 0 Å². The molecule has 10 nitrogen and oxygen atoms in total. The summed E-state index contributed by atoms with van der Waals surface area (Å²) in [5.74, 6) is -3.02. The molecule has 0 fully saturated rings. The number of carboxylic acids is 1. The number of hydrogen-bond acceptors (Lipinski definition) is 6. The average Bonchev–Trinajstić information content (AvgIpc) is 3.13. The summed E-state index contributed by atoms with van der Waals surface area (Å²) in [6, 6.07) is 9.41. The number of fused-ring (bicyclic) bond motifs is 1. The van der Waals surface area contributed by atoms with E-state index in [1.54, 1.807) is 38.1 Å². The summed E-state index contributed by atoms with van der Waals surface area (Å²) >= 11 is 6.13. The van der Waals surface area contributed by atoms with E-state index in [0.717, 1.165) is 0 Å². The van der Waals surface area contributed by atoms with Crippen molar-refractivity contribution >= 4 is 46.0 Å². The number of rotatable bonds is 10. The van der Waals surface area contributed by atoms with Crippen LogP contribution >= 0.6 is 11.6 Å². The van der Waals surface area contributed by atoms with Gasteiger partial charge in [-0.05, 0) is 26.0 Å². The minimum absolute atomic E-state index is 0.00653. The number of nitrogens with one attached hydrogen (secondary N) is 3. The normalized spacial score (nSPS) is 11.5. The Morgan fingerprint density at radius 2 is 1.89 bits per heavy atom. The van der Waals surface area contributed by atoms with E-state index in [1.807, 2.05) is 0 Å². The molecule has 3 aromatic rings. The van der Waals surface area contributed by atoms with Crippen molar-refractivity contribution < 1.29 is 29.0 Å². The number of halogens is 2. The summed E-state index contributed by atoms with van der Waals surface area (Å²) in [5.41, 5.74) is -0.442. The molecule has 0 spiro atoms. The second-order valence-corrected chi connectivity index (χ2v) is 8.84. The number of amides is 2. The summed E-state index contributed by atoms with van der Waals surface area (Å²) in [5, 5.41) is 30.8. The maximum absolute atomic E-state index is 14.8. The second kappa shape index (κ2) is 10.8. The van der Waals surface area contributed by atoms with E-state index in [9.17, 15) is 23.9 Å². The van der Waals surface area contributed by atoms with Gasteiger partial charge in [0.15, 0.2) is 5.69 Å². The van der Waals surface area contributed by atoms with E-state index in [2.05, 4.69) is 21.0 Å². The van der Waals surface area contributed by atoms with Crippen LogP contribution in [0.5, 0.6) is 0 Å². The van der Waals surface area contributed by atoms with Gasteiger partial charge in [-0.25, -0.2) is 4.39 Å². The molecule has 0 saturated carbocycles. The third-order valence-corrected chi connectivity index (χ3v) is 5.26. The van der Waals surface area contributed by atoms with Gasteiger partial charge in [0.2, 0.25) is 5.91 Å². The fraction of sp³-hybridized carbons (Fsp3) is 0.304. The van der Waals surface area contributed by atoms with Crippen molar-refractivity contribution in [2.45, 2.75) is 32.5 Å². The topological polar surface area (TPSA) is 146 Å². The van der Waals surface area contributed by atoms with Gasteiger partial charge in [0.05, 0.1) is 23.3 Å². The summed E-state index contributed by atoms with van der Waals surface area (Å²) < 4.78 is 16.0. The molecule has 2 aromatic carbocycles. The highest BCUT2D eigenvalue weighted by atomic mass is 35.5. The lowest BCUT2D eigenvalue weighted by atomic mass is 10.1. The minimum atomic E-state index is -1.12. The fourth-order valence-electron chi connectivity index (χ4n) is 3.29. The number of aromatic nitrogens is 2. The molecule has 2 amide bonds. The van der Waals surface area contributed by atoms with E-state index < -0.39 is 35.7 Å². The van der Waals surface area contributed by atoms with Crippen molar-refractivity contribution in [1.29, 1.82) is 0 Å². The Hall–Kier alpha value is -3.54. The minimum Gasteiger partial charge on any atom is -0.480 e. The third kappa shape index (κ3) is 6.75. The number of carbonyl (C=O) groups is 3. The molecule has 12 heteroatoms. The maximum atomic E-state index is 14.8. The van der Waals surface area contributed by atoms with Crippen molar-refractivity contribution in [3.8, 4) is 0 Å². The van der Waals surface area contributed by atoms with Gasteiger partial charge in [-0.2, -0.15) is 5.10 Å². The van der Waals surface area contributed by atoms with Crippen molar-refractivity contribution in [2.75, 3.05) is 18.4 Å². The van der Waals surface area contributed by atoms with E-state index in [-0.39, 0.29) is 41.6 Å². The summed E-state index contributed by atoms with van der Waals surface area (Å²) in [4.78, 5) is 35.9. The van der Waals surface area contributed by atoms with Crippen molar-refractivity contribution in [3.63, 3.8) is 0 Å². The van der Waals surface area contributed by atoms with Gasteiger partial charge < -0.3 is 26.2 Å². The molecule has 0 atom stereocenters. The number of hydrogen-bond donors (Lipinski definition) is 5. The number of nitrogens with zero attached hydrogens (tertiary/aromatic N) is 2. The number of para-hydroxylation sites is 1. The zero-order valence-corrected chi connectivity index (χ0v) is 19.8. The first-order valence-corrected chi connectivity index (χ1v) is 11.0. The van der Waals surface area contributed by atoms with Crippen LogP contribution in [0.4, 0.5) is 10.1 Å². The van der Waals surface area contributed by atoms with Gasteiger partial charge in [-0.3, -0.25) is 19.1 Å². The Morgan fingerprint density at radius 3 is 2.57 bits per heavy atom. The van der Waals surface area contributed by atoms with Gasteiger partial charge in [0.1, 0.15) is 17.4 Å². The third-order valence-electron chi connectivity index (χ3n) is 4.89. The standard InChI is InChI=1S/C23H25ClFN5O5/c1-23(2,35)12-26-10-17(31)27-9-13-7-8-15(19(24)20(13)25)28-22(34)21-14-5-3-4-6-16(14)30(29-21)11-18(32)33/h3-8,26,35H,9-12H2,1-2H3,(H,27,31)(H,28,34)(H,32,33). The van der Waals surface area contributed by atoms with Crippen molar-refractivity contribution in [1.82, 2.24) is 20.4 Å². The van der Waals surface area contributed by atoms with E-state index >= 15 is 0 Å². The number of anilines is 1. The highest BCUT2D eigenvalue weighted by Gasteiger charge is 2.21. The average molecular weight is 506 g/mol. The first kappa shape index (κ1) is 26.1. The Labute approximate surface area is 205 Å². The smallest absolute Gasteiger partial charge is 0.325 e. The lowest BCUT2D eigenvalue weighted by Crippen LogP contribution is -2.40. The van der Waals surface area contributed by atoms with Crippen LogP contribution in [0.25, 0.3) is 10.9 Å². The molecule has 3 rings (SSSR count). The van der Waals surface area contributed by atoms with Crippen LogP contribution in [-0.2, 0) is 22.7 Å². The lowest BCUT2D eigenvalue weighted by Gasteiger charge is -2.17. The lowest BCUT2D eigenvalue weighted by molar-refractivity contribution is -0.137. The Kier molecular flexibility index (Phi) is 8.05. The number of carboxylic acid groups (broad SMARTS) is 1. The Bertz CT molecular complexity index is 1270. The SMILES string of the molecule is CC(C)(O)CNCC(=O)NCc1ccc(NC(=O)c2nn(CC(=O)O)c3ccccc23)c(Cl)c1F. The van der Waals surface area contributed by atoms with E-state index in [0.29, 0.717) is 10.9 Å². The zero-order chi connectivity index (χ0) is 25.8. The highest BCUT2D eigenvalue weighted by molar-refractivity contribution is 6.34. The number of aliphatic carboxylic acids is 1. The Morgan fingerprint density at radius 1 is 1.17 bits per heavy atom. The number of aliphatic hydroxyl groups is 1. The number of carbonyl (C=O) groups excluding carboxylic acids is 2. The molecular formula is C23H25ClFN5O5. The van der Waals surface area contributed by atoms with Gasteiger partial charge in [0.25, 0.3) is 5.91 Å². The molecule has 0 unspecified atom stereocenters. The van der Waals surface area contributed by atoms with Gasteiger partial charge >= 0.3 is 5.97 Å². The highest BCUT2D eigenvalue weighted by Crippen LogP contribution is 2.29. The van der Waals surface area contributed by atoms with Crippen LogP contribution in [0.3, 0.4) is 0 Å². The predicted octanol–water partition coefficient (Wildman–Crippen LogP) is 2.14. The van der Waals surface area contributed by atoms with Crippen LogP contribution in [0, 0.1) is 5.82 Å². The molecule has 1 aromatic heterocycles. The van der Waals surface area contributed by atoms with Crippen molar-refractivity contribution in [3.05, 3.63) is 58.5 Å². The molecule has 0 radical (unpaired) electrons. The van der Waals surface area contributed by atoms with E-state index in [1.165, 1.54) is 16.8 Å². The summed E-state index contributed by atoms with van der Waals surface area (Å²) in [7, 11) is 0. The maximum Gasteiger partial charge on any atom is 0.325 e. The van der Waals surface area contributed by atoms with Gasteiger partial charge in [-0.1, -0.05) is 35.9 Å². The van der Waals surface area contributed by atoms with Crippen LogP contribution in [-0.4, -0.2) is 56.5 Å². The zero-order valence-electron chi connectivity index (χ0n) is 19.1. The van der Waals surface area contributed by atoms with Gasteiger partial charge in [0, 0.05) is 24.0 Å². The molecule has 0 aliphatic carbocycles. The molecule has 0 aliphatic rings. The molecule has 0 aliphatic heterocycles. The first-order valence-electron chi connectivity index (χ1n) is 10.6. The molecule has 0 bridgehead atoms. The molecular weight excluding hydrogens is 481 g/mol. The van der Waals surface area contributed by atoms with Crippen LogP contribution in [0.2, 0.25) is 5.02 Å². The van der Waals surface area contributed by atoms with E-state index in [4.69, 9.17) is 16.7 Å². The van der Waals surface area contributed by atoms with Crippen LogP contribution in [0.1, 0.15) is 29.9 Å². The van der Waals surface area contributed by atoms with Crippen LogP contribution < -0.4 is 16.0 Å². The number of benzene rings is 2. The molecule has 186 valence electrons. The molecule has 5 N–H and O–H groups in total. The quantitative estimate of drug-likeness (QED) is 0.284. The van der Waals surface area contributed by atoms with Crippen LogP contribution in [0.15, 0.2) is 36.4 Å². The first-order chi connectivity index (χ1) is 16.5. The largest absolute Gasteiger partial charge is 0.480 e. The predicted molar refractivity (Wildman–Crippen MR) is 128 cm³/mol. The summed E-state index contributed by atoms with van der Waals surface area (Å²) in [6.45, 7) is 2.78. The molecule has 0 saturated heterocycles. The monoisotopic (exact) mass is 505 g/mol. The molecule has 1 heterocycles. The Balaban J connectivity index is 1.70. The molecule has 35 heavy (non-hydrogen) atoms. The summed E-state index contributed by atoms with van der Waals surface area (Å²) in [6.07, 6.45) is 0.